The molecule has 4 heteroatoms. The van der Waals surface area contributed by atoms with E-state index in [4.69, 9.17) is 0 Å². The van der Waals surface area contributed by atoms with Crippen LogP contribution >= 0.6 is 0 Å². The van der Waals surface area contributed by atoms with Gasteiger partial charge in [0, 0.05) is 24.2 Å². The molecule has 3 rings (SSSR count). The van der Waals surface area contributed by atoms with Crippen LogP contribution in [-0.4, -0.2) is 0 Å². The topological polar surface area (TPSA) is 12.0 Å². The molecule has 104 valence electrons. The zero-order valence-electron chi connectivity index (χ0n) is 10.8. The highest BCUT2D eigenvalue weighted by atomic mass is 19.1. The summed E-state index contributed by atoms with van der Waals surface area (Å²) < 4.78 is 40.0. The number of fused-ring (bicyclic) bond motifs is 1. The van der Waals surface area contributed by atoms with Gasteiger partial charge in [0.05, 0.1) is 0 Å². The first-order valence-corrected chi connectivity index (χ1v) is 6.60. The normalized spacial score (nSPS) is 17.2. The van der Waals surface area contributed by atoms with E-state index in [1.807, 2.05) is 6.07 Å². The molecule has 0 amide bonds. The second kappa shape index (κ2) is 5.29. The van der Waals surface area contributed by atoms with Crippen LogP contribution in [0.5, 0.6) is 0 Å². The van der Waals surface area contributed by atoms with Gasteiger partial charge in [-0.3, -0.25) is 0 Å². The summed E-state index contributed by atoms with van der Waals surface area (Å²) >= 11 is 0. The molecular weight excluding hydrogens is 263 g/mol. The zero-order valence-corrected chi connectivity index (χ0v) is 10.8. The van der Waals surface area contributed by atoms with Crippen LogP contribution in [0, 0.1) is 17.5 Å². The first kappa shape index (κ1) is 13.2. The van der Waals surface area contributed by atoms with Crippen LogP contribution in [0.3, 0.4) is 0 Å². The highest BCUT2D eigenvalue weighted by Crippen LogP contribution is 2.32. The molecule has 0 spiro atoms. The van der Waals surface area contributed by atoms with Gasteiger partial charge in [0.15, 0.2) is 0 Å². The standard InChI is InChI=1S/C16H14F3N/c17-11-5-4-10(15(19)8-11)9-20-16-7-6-12-13(16)2-1-3-14(12)18/h1-5,8,16,20H,6-7,9H2. The molecule has 0 bridgehead atoms. The van der Waals surface area contributed by atoms with Gasteiger partial charge in [0.1, 0.15) is 17.5 Å². The van der Waals surface area contributed by atoms with Gasteiger partial charge in [-0.15, -0.1) is 0 Å². The monoisotopic (exact) mass is 277 g/mol. The van der Waals surface area contributed by atoms with Gasteiger partial charge in [-0.25, -0.2) is 13.2 Å². The van der Waals surface area contributed by atoms with E-state index in [0.717, 1.165) is 23.6 Å². The second-order valence-electron chi connectivity index (χ2n) is 5.02. The Labute approximate surface area is 115 Å². The van der Waals surface area contributed by atoms with E-state index in [0.29, 0.717) is 18.5 Å². The maximum atomic E-state index is 13.6. The molecule has 20 heavy (non-hydrogen) atoms. The second-order valence-corrected chi connectivity index (χ2v) is 5.02. The van der Waals surface area contributed by atoms with Crippen molar-refractivity contribution in [2.24, 2.45) is 0 Å². The Morgan fingerprint density at radius 1 is 1.05 bits per heavy atom. The molecule has 0 aliphatic heterocycles. The first-order chi connectivity index (χ1) is 9.65. The molecule has 1 aliphatic carbocycles. The summed E-state index contributed by atoms with van der Waals surface area (Å²) in [5.41, 5.74) is 2.09. The van der Waals surface area contributed by atoms with Gasteiger partial charge >= 0.3 is 0 Å². The fourth-order valence-corrected chi connectivity index (χ4v) is 2.72. The highest BCUT2D eigenvalue weighted by molar-refractivity contribution is 5.35. The molecule has 1 aliphatic rings. The van der Waals surface area contributed by atoms with E-state index in [1.54, 1.807) is 6.07 Å². The number of rotatable bonds is 3. The largest absolute Gasteiger partial charge is 0.306 e. The van der Waals surface area contributed by atoms with E-state index < -0.39 is 11.6 Å². The molecule has 0 saturated heterocycles. The summed E-state index contributed by atoms with van der Waals surface area (Å²) in [5.74, 6) is -1.32. The lowest BCUT2D eigenvalue weighted by atomic mass is 10.1. The molecular formula is C16H14F3N. The Morgan fingerprint density at radius 2 is 1.90 bits per heavy atom. The number of nitrogens with one attached hydrogen (secondary N) is 1. The van der Waals surface area contributed by atoms with Crippen molar-refractivity contribution < 1.29 is 13.2 Å². The molecule has 0 fully saturated rings. The minimum Gasteiger partial charge on any atom is -0.306 e. The predicted octanol–water partition coefficient (Wildman–Crippen LogP) is 3.88. The summed E-state index contributed by atoms with van der Waals surface area (Å²) in [6.07, 6.45) is 1.48. The summed E-state index contributed by atoms with van der Waals surface area (Å²) in [6.45, 7) is 0.298. The van der Waals surface area contributed by atoms with Crippen molar-refractivity contribution in [2.45, 2.75) is 25.4 Å². The average molecular weight is 277 g/mol. The number of hydrogen-bond acceptors (Lipinski definition) is 1. The van der Waals surface area contributed by atoms with Crippen molar-refractivity contribution in [3.05, 3.63) is 70.5 Å². The molecule has 0 heterocycles. The van der Waals surface area contributed by atoms with Crippen LogP contribution in [0.2, 0.25) is 0 Å². The van der Waals surface area contributed by atoms with Crippen LogP contribution < -0.4 is 5.32 Å². The lowest BCUT2D eigenvalue weighted by Gasteiger charge is -2.14. The highest BCUT2D eigenvalue weighted by Gasteiger charge is 2.24. The van der Waals surface area contributed by atoms with Crippen molar-refractivity contribution in [2.75, 3.05) is 0 Å². The third kappa shape index (κ3) is 2.43. The van der Waals surface area contributed by atoms with Gasteiger partial charge in [-0.1, -0.05) is 18.2 Å². The van der Waals surface area contributed by atoms with Crippen molar-refractivity contribution in [3.8, 4) is 0 Å². The van der Waals surface area contributed by atoms with Crippen molar-refractivity contribution in [3.63, 3.8) is 0 Å². The third-order valence-electron chi connectivity index (χ3n) is 3.77. The molecule has 0 aromatic heterocycles. The van der Waals surface area contributed by atoms with Crippen molar-refractivity contribution in [1.82, 2.24) is 5.32 Å². The fraction of sp³-hybridized carbons (Fsp3) is 0.250. The van der Waals surface area contributed by atoms with E-state index in [-0.39, 0.29) is 11.9 Å². The van der Waals surface area contributed by atoms with Gasteiger partial charge in [0.2, 0.25) is 0 Å². The minimum absolute atomic E-state index is 0.0187. The Bertz CT molecular complexity index is 640. The van der Waals surface area contributed by atoms with E-state index >= 15 is 0 Å². The first-order valence-electron chi connectivity index (χ1n) is 6.60. The molecule has 0 radical (unpaired) electrons. The lowest BCUT2D eigenvalue weighted by molar-refractivity contribution is 0.508. The molecule has 2 aromatic rings. The maximum Gasteiger partial charge on any atom is 0.130 e. The quantitative estimate of drug-likeness (QED) is 0.897. The summed E-state index contributed by atoms with van der Waals surface area (Å²) in [6, 6.07) is 8.60. The van der Waals surface area contributed by atoms with Crippen molar-refractivity contribution in [1.29, 1.82) is 0 Å². The average Bonchev–Trinajstić information content (AvgIpc) is 2.83. The molecule has 2 aromatic carbocycles. The maximum absolute atomic E-state index is 13.6. The number of halogens is 3. The molecule has 1 N–H and O–H groups in total. The Morgan fingerprint density at radius 3 is 2.70 bits per heavy atom. The summed E-state index contributed by atoms with van der Waals surface area (Å²) in [5, 5.41) is 3.21. The van der Waals surface area contributed by atoms with Crippen LogP contribution in [0.15, 0.2) is 36.4 Å². The lowest BCUT2D eigenvalue weighted by Crippen LogP contribution is -2.19. The number of benzene rings is 2. The van der Waals surface area contributed by atoms with Gasteiger partial charge in [-0.05, 0) is 36.1 Å². The third-order valence-corrected chi connectivity index (χ3v) is 3.77. The Kier molecular flexibility index (Phi) is 3.49. The van der Waals surface area contributed by atoms with Crippen LogP contribution in [0.4, 0.5) is 13.2 Å². The van der Waals surface area contributed by atoms with E-state index in [1.165, 1.54) is 18.2 Å². The van der Waals surface area contributed by atoms with E-state index in [2.05, 4.69) is 5.32 Å². The van der Waals surface area contributed by atoms with Crippen LogP contribution in [0.25, 0.3) is 0 Å². The SMILES string of the molecule is Fc1ccc(CNC2CCc3c(F)cccc32)c(F)c1. The molecule has 1 unspecified atom stereocenters. The molecule has 0 saturated carbocycles. The number of hydrogen-bond donors (Lipinski definition) is 1. The smallest absolute Gasteiger partial charge is 0.130 e. The van der Waals surface area contributed by atoms with Gasteiger partial charge in [0.25, 0.3) is 0 Å². The molecule has 1 atom stereocenters. The summed E-state index contributed by atoms with van der Waals surface area (Å²) in [7, 11) is 0. The van der Waals surface area contributed by atoms with Gasteiger partial charge < -0.3 is 5.32 Å². The minimum atomic E-state index is -0.584. The Balaban J connectivity index is 1.73. The van der Waals surface area contributed by atoms with Gasteiger partial charge in [-0.2, -0.15) is 0 Å². The summed E-state index contributed by atoms with van der Waals surface area (Å²) in [4.78, 5) is 0. The molecule has 1 nitrogen and oxygen atoms in total. The van der Waals surface area contributed by atoms with Crippen LogP contribution in [0.1, 0.15) is 29.2 Å². The predicted molar refractivity (Wildman–Crippen MR) is 70.7 cm³/mol. The fourth-order valence-electron chi connectivity index (χ4n) is 2.72. The van der Waals surface area contributed by atoms with Crippen molar-refractivity contribution >= 4 is 0 Å². The van der Waals surface area contributed by atoms with E-state index in [9.17, 15) is 13.2 Å². The Hall–Kier alpha value is -1.81. The van der Waals surface area contributed by atoms with Crippen LogP contribution in [-0.2, 0) is 13.0 Å². The zero-order chi connectivity index (χ0) is 14.1.